The summed E-state index contributed by atoms with van der Waals surface area (Å²) in [6, 6.07) is 1.88. The van der Waals surface area contributed by atoms with Crippen molar-refractivity contribution in [1.82, 2.24) is 29.7 Å². The van der Waals surface area contributed by atoms with Gasteiger partial charge in [-0.25, -0.2) is 9.78 Å². The molecule has 3 aromatic rings. The van der Waals surface area contributed by atoms with Gasteiger partial charge in [-0.1, -0.05) is 0 Å². The van der Waals surface area contributed by atoms with Gasteiger partial charge in [0.2, 0.25) is 5.88 Å². The van der Waals surface area contributed by atoms with E-state index in [0.717, 1.165) is 22.6 Å². The Bertz CT molecular complexity index is 1010. The van der Waals surface area contributed by atoms with Crippen LogP contribution in [0.2, 0.25) is 0 Å². The minimum Gasteiger partial charge on any atom is -0.481 e. The molecule has 1 aliphatic heterocycles. The molecule has 10 heteroatoms. The zero-order chi connectivity index (χ0) is 20.6. The van der Waals surface area contributed by atoms with Gasteiger partial charge in [-0.2, -0.15) is 14.7 Å². The molecule has 4 heterocycles. The molecule has 1 aliphatic rings. The number of aromatic nitrogens is 5. The number of hydrogen-bond acceptors (Lipinski definition) is 7. The number of rotatable bonds is 3. The molecule has 0 aliphatic carbocycles. The molecule has 1 N–H and O–H groups in total. The van der Waals surface area contributed by atoms with E-state index < -0.39 is 5.60 Å². The van der Waals surface area contributed by atoms with Crippen molar-refractivity contribution in [2.45, 2.75) is 31.6 Å². The van der Waals surface area contributed by atoms with Gasteiger partial charge in [0, 0.05) is 42.2 Å². The number of carbonyl (C=O) groups is 1. The highest BCUT2D eigenvalue weighted by atomic mass is 32.2. The number of methoxy groups -OCH3 is 1. The van der Waals surface area contributed by atoms with Crippen LogP contribution in [-0.2, 0) is 4.74 Å². The van der Waals surface area contributed by atoms with Gasteiger partial charge in [0.05, 0.1) is 30.4 Å². The molecule has 1 amide bonds. The van der Waals surface area contributed by atoms with Gasteiger partial charge in [0.15, 0.2) is 5.65 Å². The Morgan fingerprint density at radius 3 is 2.86 bits per heavy atom. The largest absolute Gasteiger partial charge is 0.481 e. The van der Waals surface area contributed by atoms with E-state index in [1.165, 1.54) is 0 Å². The van der Waals surface area contributed by atoms with Crippen molar-refractivity contribution in [3.8, 4) is 17.0 Å². The minimum absolute atomic E-state index is 0.0160. The predicted octanol–water partition coefficient (Wildman–Crippen LogP) is 3.15. The van der Waals surface area contributed by atoms with E-state index in [-0.39, 0.29) is 11.3 Å². The van der Waals surface area contributed by atoms with Gasteiger partial charge in [0.1, 0.15) is 5.60 Å². The lowest BCUT2D eigenvalue weighted by Crippen LogP contribution is -2.42. The molecular weight excluding hydrogens is 392 g/mol. The second-order valence-corrected chi connectivity index (χ2v) is 9.10. The standard InChI is InChI=1S/C19H24N6O3S/c1-19(2,3)28-18(26)24-5-6-29-15(11-24)14-7-16(27-4)25-17(23-14)13(10-22-25)12-8-20-21-9-12/h7-10,15H,5-6,11H2,1-4H3,(H,20,21). The van der Waals surface area contributed by atoms with Crippen LogP contribution < -0.4 is 4.74 Å². The molecule has 9 nitrogen and oxygen atoms in total. The molecule has 0 aromatic carbocycles. The Morgan fingerprint density at radius 1 is 1.34 bits per heavy atom. The number of nitrogens with zero attached hydrogens (tertiary/aromatic N) is 5. The quantitative estimate of drug-likeness (QED) is 0.700. The number of carbonyl (C=O) groups excluding carboxylic acids is 1. The summed E-state index contributed by atoms with van der Waals surface area (Å²) >= 11 is 1.77. The molecule has 0 bridgehead atoms. The fourth-order valence-electron chi connectivity index (χ4n) is 3.19. The van der Waals surface area contributed by atoms with Crippen LogP contribution in [0.25, 0.3) is 16.8 Å². The molecule has 29 heavy (non-hydrogen) atoms. The third-order valence-corrected chi connectivity index (χ3v) is 5.74. The maximum Gasteiger partial charge on any atom is 0.410 e. The van der Waals surface area contributed by atoms with Crippen molar-refractivity contribution >= 4 is 23.5 Å². The zero-order valence-electron chi connectivity index (χ0n) is 16.9. The average molecular weight is 417 g/mol. The first-order valence-electron chi connectivity index (χ1n) is 9.37. The van der Waals surface area contributed by atoms with E-state index in [4.69, 9.17) is 14.5 Å². The summed E-state index contributed by atoms with van der Waals surface area (Å²) in [4.78, 5) is 19.1. The highest BCUT2D eigenvalue weighted by Gasteiger charge is 2.30. The predicted molar refractivity (Wildman–Crippen MR) is 110 cm³/mol. The number of amides is 1. The SMILES string of the molecule is COc1cc(C2CN(C(=O)OC(C)(C)C)CCS2)nc2c(-c3cn[nH]c3)cnn12. The summed E-state index contributed by atoms with van der Waals surface area (Å²) < 4.78 is 12.8. The maximum absolute atomic E-state index is 12.5. The number of H-pyrrole nitrogens is 1. The van der Waals surface area contributed by atoms with Crippen LogP contribution in [0.4, 0.5) is 4.79 Å². The van der Waals surface area contributed by atoms with Crippen LogP contribution in [0.5, 0.6) is 5.88 Å². The zero-order valence-corrected chi connectivity index (χ0v) is 17.7. The molecule has 4 rings (SSSR count). The first-order valence-corrected chi connectivity index (χ1v) is 10.4. The fraction of sp³-hybridized carbons (Fsp3) is 0.474. The van der Waals surface area contributed by atoms with Crippen LogP contribution in [-0.4, -0.2) is 67.3 Å². The molecule has 1 unspecified atom stereocenters. The summed E-state index contributed by atoms with van der Waals surface area (Å²) in [7, 11) is 1.61. The van der Waals surface area contributed by atoms with Gasteiger partial charge < -0.3 is 14.4 Å². The smallest absolute Gasteiger partial charge is 0.410 e. The van der Waals surface area contributed by atoms with Crippen molar-refractivity contribution in [2.24, 2.45) is 0 Å². The van der Waals surface area contributed by atoms with Crippen molar-refractivity contribution in [2.75, 3.05) is 26.0 Å². The van der Waals surface area contributed by atoms with Crippen LogP contribution in [0.3, 0.4) is 0 Å². The highest BCUT2D eigenvalue weighted by molar-refractivity contribution is 7.99. The van der Waals surface area contributed by atoms with Crippen molar-refractivity contribution in [1.29, 1.82) is 0 Å². The van der Waals surface area contributed by atoms with Crippen molar-refractivity contribution < 1.29 is 14.3 Å². The number of ether oxygens (including phenoxy) is 2. The van der Waals surface area contributed by atoms with Crippen molar-refractivity contribution in [3.63, 3.8) is 0 Å². The third kappa shape index (κ3) is 4.02. The van der Waals surface area contributed by atoms with E-state index >= 15 is 0 Å². The number of thioether (sulfide) groups is 1. The lowest BCUT2D eigenvalue weighted by atomic mass is 10.2. The van der Waals surface area contributed by atoms with Gasteiger partial charge in [-0.05, 0) is 20.8 Å². The summed E-state index contributed by atoms with van der Waals surface area (Å²) in [6.07, 6.45) is 4.99. The lowest BCUT2D eigenvalue weighted by molar-refractivity contribution is 0.0256. The van der Waals surface area contributed by atoms with E-state index in [0.29, 0.717) is 24.6 Å². The van der Waals surface area contributed by atoms with E-state index in [1.54, 1.807) is 46.9 Å². The molecule has 1 atom stereocenters. The Morgan fingerprint density at radius 2 is 2.17 bits per heavy atom. The molecule has 1 saturated heterocycles. The minimum atomic E-state index is -0.519. The molecule has 154 valence electrons. The lowest BCUT2D eigenvalue weighted by Gasteiger charge is -2.33. The topological polar surface area (TPSA) is 97.6 Å². The Balaban J connectivity index is 1.66. The normalized spacial score (nSPS) is 17.5. The second-order valence-electron chi connectivity index (χ2n) is 7.79. The van der Waals surface area contributed by atoms with Gasteiger partial charge in [-0.3, -0.25) is 5.10 Å². The second kappa shape index (κ2) is 7.58. The van der Waals surface area contributed by atoms with Crippen molar-refractivity contribution in [3.05, 3.63) is 30.4 Å². The Hall–Kier alpha value is -2.75. The van der Waals surface area contributed by atoms with E-state index in [2.05, 4.69) is 15.3 Å². The van der Waals surface area contributed by atoms with Gasteiger partial charge in [0.25, 0.3) is 0 Å². The monoisotopic (exact) mass is 416 g/mol. The summed E-state index contributed by atoms with van der Waals surface area (Å²) in [6.45, 7) is 6.80. The third-order valence-electron chi connectivity index (χ3n) is 4.53. The number of hydrogen-bond donors (Lipinski definition) is 1. The van der Waals surface area contributed by atoms with Crippen LogP contribution >= 0.6 is 11.8 Å². The van der Waals surface area contributed by atoms with Crippen LogP contribution in [0, 0.1) is 0 Å². The first kappa shape index (κ1) is 19.6. The van der Waals surface area contributed by atoms with Gasteiger partial charge >= 0.3 is 6.09 Å². The molecule has 1 fully saturated rings. The fourth-order valence-corrected chi connectivity index (χ4v) is 4.37. The molecule has 0 spiro atoms. The maximum atomic E-state index is 12.5. The number of fused-ring (bicyclic) bond motifs is 1. The van der Waals surface area contributed by atoms with Crippen LogP contribution in [0.15, 0.2) is 24.7 Å². The van der Waals surface area contributed by atoms with E-state index in [1.807, 2.05) is 26.8 Å². The summed E-state index contributed by atoms with van der Waals surface area (Å²) in [5.41, 5.74) is 2.78. The molecular formula is C19H24N6O3S. The van der Waals surface area contributed by atoms with Crippen LogP contribution in [0.1, 0.15) is 31.7 Å². The first-order chi connectivity index (χ1) is 13.9. The highest BCUT2D eigenvalue weighted by Crippen LogP contribution is 2.35. The van der Waals surface area contributed by atoms with E-state index in [9.17, 15) is 4.79 Å². The average Bonchev–Trinajstić information content (AvgIpc) is 3.35. The summed E-state index contributed by atoms with van der Waals surface area (Å²) in [5, 5.41) is 11.3. The molecule has 0 radical (unpaired) electrons. The Kier molecular flexibility index (Phi) is 5.12. The number of nitrogens with one attached hydrogen (secondary N) is 1. The number of aromatic amines is 1. The summed E-state index contributed by atoms with van der Waals surface area (Å²) in [5.74, 6) is 1.40. The molecule has 3 aromatic heterocycles. The Labute approximate surface area is 172 Å². The van der Waals surface area contributed by atoms with Gasteiger partial charge in [-0.15, -0.1) is 11.8 Å². The molecule has 0 saturated carbocycles.